The predicted molar refractivity (Wildman–Crippen MR) is 94.2 cm³/mol. The number of hydrogen-bond acceptors (Lipinski definition) is 4. The van der Waals surface area contributed by atoms with E-state index in [9.17, 15) is 0 Å². The molecule has 5 nitrogen and oxygen atoms in total. The number of nitrogens with zero attached hydrogens (tertiary/aromatic N) is 2. The first-order valence-corrected chi connectivity index (χ1v) is 8.87. The maximum atomic E-state index is 8.80. The van der Waals surface area contributed by atoms with Gasteiger partial charge in [0.25, 0.3) is 0 Å². The summed E-state index contributed by atoms with van der Waals surface area (Å²) in [6.45, 7) is 5.77. The van der Waals surface area contributed by atoms with Gasteiger partial charge >= 0.3 is 0 Å². The van der Waals surface area contributed by atoms with Gasteiger partial charge in [0.2, 0.25) is 0 Å². The Morgan fingerprint density at radius 1 is 1.33 bits per heavy atom. The first-order chi connectivity index (χ1) is 11.8. The van der Waals surface area contributed by atoms with Gasteiger partial charge in [-0.1, -0.05) is 19.1 Å². The first-order valence-electron chi connectivity index (χ1n) is 8.87. The van der Waals surface area contributed by atoms with Gasteiger partial charge in [-0.05, 0) is 49.1 Å². The molecule has 2 heterocycles. The van der Waals surface area contributed by atoms with E-state index in [0.717, 1.165) is 31.8 Å². The van der Waals surface area contributed by atoms with Crippen LogP contribution in [0.4, 0.5) is 0 Å². The smallest absolute Gasteiger partial charge is 0.119 e. The molecule has 0 aliphatic carbocycles. The van der Waals surface area contributed by atoms with Crippen LogP contribution >= 0.6 is 0 Å². The Morgan fingerprint density at radius 2 is 2.17 bits per heavy atom. The molecule has 0 saturated carbocycles. The SMILES string of the molecule is CCc1cn[nH]c1C1CCCN(Cc2ccc(OCCO)cc2)C1. The number of aliphatic hydroxyl groups excluding tert-OH is 1. The number of benzene rings is 1. The van der Waals surface area contributed by atoms with Crippen molar-refractivity contribution in [3.05, 3.63) is 47.3 Å². The minimum Gasteiger partial charge on any atom is -0.491 e. The minimum atomic E-state index is 0.0459. The van der Waals surface area contributed by atoms with Crippen molar-refractivity contribution >= 4 is 0 Å². The molecule has 1 unspecified atom stereocenters. The molecule has 2 N–H and O–H groups in total. The number of aromatic amines is 1. The van der Waals surface area contributed by atoms with Crippen molar-refractivity contribution in [2.75, 3.05) is 26.3 Å². The maximum Gasteiger partial charge on any atom is 0.119 e. The van der Waals surface area contributed by atoms with Crippen LogP contribution in [-0.4, -0.2) is 46.5 Å². The second-order valence-electron chi connectivity index (χ2n) is 6.45. The lowest BCUT2D eigenvalue weighted by molar-refractivity contribution is 0.197. The van der Waals surface area contributed by atoms with Gasteiger partial charge in [0.1, 0.15) is 12.4 Å². The third kappa shape index (κ3) is 4.16. The van der Waals surface area contributed by atoms with Crippen LogP contribution in [-0.2, 0) is 13.0 Å². The van der Waals surface area contributed by atoms with Crippen molar-refractivity contribution in [2.45, 2.75) is 38.6 Å². The van der Waals surface area contributed by atoms with Crippen LogP contribution in [0.2, 0.25) is 0 Å². The molecule has 0 bridgehead atoms. The molecule has 3 rings (SSSR count). The van der Waals surface area contributed by atoms with Gasteiger partial charge in [-0.3, -0.25) is 10.00 Å². The second-order valence-corrected chi connectivity index (χ2v) is 6.45. The van der Waals surface area contributed by atoms with E-state index in [0.29, 0.717) is 12.5 Å². The molecule has 1 fully saturated rings. The molecule has 0 spiro atoms. The van der Waals surface area contributed by atoms with E-state index in [1.807, 2.05) is 18.3 Å². The fourth-order valence-corrected chi connectivity index (χ4v) is 3.50. The molecule has 1 aliphatic rings. The zero-order chi connectivity index (χ0) is 16.8. The van der Waals surface area contributed by atoms with E-state index >= 15 is 0 Å². The number of H-pyrrole nitrogens is 1. The number of aliphatic hydroxyl groups is 1. The Bertz CT molecular complexity index is 624. The van der Waals surface area contributed by atoms with Crippen molar-refractivity contribution in [2.24, 2.45) is 0 Å². The maximum absolute atomic E-state index is 8.80. The summed E-state index contributed by atoms with van der Waals surface area (Å²) in [5.74, 6) is 1.37. The van der Waals surface area contributed by atoms with Crippen molar-refractivity contribution in [1.82, 2.24) is 15.1 Å². The van der Waals surface area contributed by atoms with Gasteiger partial charge in [-0.2, -0.15) is 5.10 Å². The highest BCUT2D eigenvalue weighted by molar-refractivity contribution is 5.27. The summed E-state index contributed by atoms with van der Waals surface area (Å²) < 4.78 is 5.42. The Hall–Kier alpha value is -1.85. The summed E-state index contributed by atoms with van der Waals surface area (Å²) in [6, 6.07) is 8.20. The zero-order valence-corrected chi connectivity index (χ0v) is 14.4. The van der Waals surface area contributed by atoms with Gasteiger partial charge in [-0.25, -0.2) is 0 Å². The second kappa shape index (κ2) is 8.31. The van der Waals surface area contributed by atoms with Crippen molar-refractivity contribution in [3.8, 4) is 5.75 Å². The molecule has 0 radical (unpaired) electrons. The standard InChI is InChI=1S/C19H27N3O2/c1-2-16-12-20-21-19(16)17-4-3-9-22(14-17)13-15-5-7-18(8-6-15)24-11-10-23/h5-8,12,17,23H,2-4,9-11,13-14H2,1H3,(H,20,21). The number of hydrogen-bond donors (Lipinski definition) is 2. The highest BCUT2D eigenvalue weighted by Crippen LogP contribution is 2.29. The van der Waals surface area contributed by atoms with Gasteiger partial charge < -0.3 is 9.84 Å². The topological polar surface area (TPSA) is 61.4 Å². The normalized spacial score (nSPS) is 18.7. The van der Waals surface area contributed by atoms with E-state index < -0.39 is 0 Å². The molecule has 1 aromatic heterocycles. The van der Waals surface area contributed by atoms with Crippen LogP contribution in [0, 0.1) is 0 Å². The predicted octanol–water partition coefficient (Wildman–Crippen LogP) is 2.72. The van der Waals surface area contributed by atoms with Crippen molar-refractivity contribution < 1.29 is 9.84 Å². The van der Waals surface area contributed by atoms with Crippen LogP contribution in [0.15, 0.2) is 30.5 Å². The van der Waals surface area contributed by atoms with Crippen LogP contribution in [0.1, 0.15) is 42.5 Å². The summed E-state index contributed by atoms with van der Waals surface area (Å²) >= 11 is 0. The van der Waals surface area contributed by atoms with E-state index in [2.05, 4.69) is 34.2 Å². The highest BCUT2D eigenvalue weighted by Gasteiger charge is 2.24. The van der Waals surface area contributed by atoms with Gasteiger partial charge in [-0.15, -0.1) is 0 Å². The van der Waals surface area contributed by atoms with E-state index in [1.165, 1.54) is 29.7 Å². The van der Waals surface area contributed by atoms with Crippen molar-refractivity contribution in [3.63, 3.8) is 0 Å². The Labute approximate surface area is 143 Å². The third-order valence-electron chi connectivity index (χ3n) is 4.74. The Morgan fingerprint density at radius 3 is 2.92 bits per heavy atom. The number of piperidine rings is 1. The van der Waals surface area contributed by atoms with Gasteiger partial charge in [0.05, 0.1) is 12.8 Å². The summed E-state index contributed by atoms with van der Waals surface area (Å²) in [5.41, 5.74) is 3.98. The van der Waals surface area contributed by atoms with Crippen LogP contribution in [0.3, 0.4) is 0 Å². The quantitative estimate of drug-likeness (QED) is 0.820. The lowest BCUT2D eigenvalue weighted by Gasteiger charge is -2.32. The molecule has 0 amide bonds. The van der Waals surface area contributed by atoms with E-state index in [4.69, 9.17) is 9.84 Å². The largest absolute Gasteiger partial charge is 0.491 e. The first kappa shape index (κ1) is 17.0. The summed E-state index contributed by atoms with van der Waals surface area (Å²) in [5, 5.41) is 16.3. The average Bonchev–Trinajstić information content (AvgIpc) is 3.10. The van der Waals surface area contributed by atoms with Crippen LogP contribution in [0.5, 0.6) is 5.75 Å². The number of nitrogens with one attached hydrogen (secondary N) is 1. The minimum absolute atomic E-state index is 0.0459. The van der Waals surface area contributed by atoms with Gasteiger partial charge in [0, 0.05) is 24.7 Å². The average molecular weight is 329 g/mol. The summed E-state index contributed by atoms with van der Waals surface area (Å²) in [6.07, 6.45) is 5.47. The Kier molecular flexibility index (Phi) is 5.88. The number of rotatable bonds is 7. The molecule has 1 aromatic carbocycles. The lowest BCUT2D eigenvalue weighted by Crippen LogP contribution is -2.34. The molecule has 5 heteroatoms. The molecule has 24 heavy (non-hydrogen) atoms. The number of aromatic nitrogens is 2. The monoisotopic (exact) mass is 329 g/mol. The Balaban J connectivity index is 1.59. The van der Waals surface area contributed by atoms with Crippen molar-refractivity contribution in [1.29, 1.82) is 0 Å². The number of aryl methyl sites for hydroxylation is 1. The molecule has 2 aromatic rings. The number of likely N-dealkylation sites (tertiary alicyclic amines) is 1. The highest BCUT2D eigenvalue weighted by atomic mass is 16.5. The van der Waals surface area contributed by atoms with E-state index in [1.54, 1.807) is 0 Å². The van der Waals surface area contributed by atoms with Crippen LogP contribution in [0.25, 0.3) is 0 Å². The van der Waals surface area contributed by atoms with Gasteiger partial charge in [0.15, 0.2) is 0 Å². The molecular weight excluding hydrogens is 302 g/mol. The van der Waals surface area contributed by atoms with Crippen LogP contribution < -0.4 is 4.74 Å². The third-order valence-corrected chi connectivity index (χ3v) is 4.74. The molecule has 1 saturated heterocycles. The molecule has 1 aliphatic heterocycles. The summed E-state index contributed by atoms with van der Waals surface area (Å²) in [7, 11) is 0. The fourth-order valence-electron chi connectivity index (χ4n) is 3.50. The molecular formula is C19H27N3O2. The summed E-state index contributed by atoms with van der Waals surface area (Å²) in [4.78, 5) is 2.53. The molecule has 1 atom stereocenters. The fraction of sp³-hybridized carbons (Fsp3) is 0.526. The van der Waals surface area contributed by atoms with E-state index in [-0.39, 0.29) is 6.61 Å². The number of ether oxygens (including phenoxy) is 1. The molecule has 130 valence electrons. The lowest BCUT2D eigenvalue weighted by atomic mass is 9.92. The zero-order valence-electron chi connectivity index (χ0n) is 14.4.